The van der Waals surface area contributed by atoms with Gasteiger partial charge < -0.3 is 24.5 Å². The molecule has 0 atom stereocenters. The topological polar surface area (TPSA) is 134 Å². The fraction of sp³-hybridized carbons (Fsp3) is 0.261. The van der Waals surface area contributed by atoms with E-state index in [1.807, 2.05) is 0 Å². The number of carbonyl (C=O) groups excluding carboxylic acids is 1. The molecular weight excluding hydrogens is 404 g/mol. The van der Waals surface area contributed by atoms with Crippen LogP contribution >= 0.6 is 0 Å². The molecule has 0 saturated heterocycles. The van der Waals surface area contributed by atoms with Crippen molar-refractivity contribution in [2.45, 2.75) is 33.1 Å². The number of carbonyl (C=O) groups is 2. The van der Waals surface area contributed by atoms with Crippen LogP contribution in [0.5, 0.6) is 17.2 Å². The van der Waals surface area contributed by atoms with Crippen molar-refractivity contribution >= 4 is 22.9 Å². The van der Waals surface area contributed by atoms with Gasteiger partial charge in [0.05, 0.1) is 10.8 Å². The predicted octanol–water partition coefficient (Wildman–Crippen LogP) is 4.06. The van der Waals surface area contributed by atoms with E-state index in [1.54, 1.807) is 32.0 Å². The summed E-state index contributed by atoms with van der Waals surface area (Å²) in [7, 11) is 0. The van der Waals surface area contributed by atoms with E-state index in [9.17, 15) is 24.6 Å². The van der Waals surface area contributed by atoms with E-state index in [2.05, 4.69) is 0 Å². The van der Waals surface area contributed by atoms with Crippen molar-refractivity contribution in [1.29, 1.82) is 0 Å². The lowest BCUT2D eigenvalue weighted by Crippen LogP contribution is -2.31. The highest BCUT2D eigenvalue weighted by molar-refractivity contribution is 5.86. The molecule has 1 heterocycles. The van der Waals surface area contributed by atoms with Gasteiger partial charge in [-0.05, 0) is 57.0 Å². The largest absolute Gasteiger partial charge is 0.504 e. The molecule has 8 nitrogen and oxygen atoms in total. The molecule has 0 bridgehead atoms. The Morgan fingerprint density at radius 1 is 1.06 bits per heavy atom. The zero-order chi connectivity index (χ0) is 22.8. The number of benzene rings is 2. The summed E-state index contributed by atoms with van der Waals surface area (Å²) in [5.41, 5.74) is -1.14. The van der Waals surface area contributed by atoms with E-state index in [0.29, 0.717) is 0 Å². The molecule has 31 heavy (non-hydrogen) atoms. The second-order valence-electron chi connectivity index (χ2n) is 7.81. The highest BCUT2D eigenvalue weighted by Crippen LogP contribution is 2.37. The molecule has 3 aromatic rings. The maximum Gasteiger partial charge on any atom is 0.317 e. The summed E-state index contributed by atoms with van der Waals surface area (Å²) >= 11 is 0. The molecule has 0 saturated carbocycles. The number of phenolic OH excluding ortho intramolecular Hbond substituents is 2. The summed E-state index contributed by atoms with van der Waals surface area (Å²) in [5.74, 6) is -2.89. The fourth-order valence-electron chi connectivity index (χ4n) is 3.09. The Hall–Kier alpha value is -3.81. The van der Waals surface area contributed by atoms with Crippen LogP contribution in [0.4, 0.5) is 0 Å². The average molecular weight is 426 g/mol. The SMILES string of the molecule is CC(C)(CCCC(=O)O)C(=O)Oc1c(-c2ccc(O)c(O)c2)oc2ccccc2c1=O. The van der Waals surface area contributed by atoms with E-state index in [-0.39, 0.29) is 53.1 Å². The number of hydrogen-bond acceptors (Lipinski definition) is 7. The molecule has 8 heteroatoms. The number of carboxylic acids is 1. The van der Waals surface area contributed by atoms with Crippen LogP contribution in [0.3, 0.4) is 0 Å². The number of para-hydroxylation sites is 1. The van der Waals surface area contributed by atoms with Crippen LogP contribution in [0.25, 0.3) is 22.3 Å². The van der Waals surface area contributed by atoms with Crippen LogP contribution in [0, 0.1) is 5.41 Å². The molecular formula is C23H22O8. The number of rotatable bonds is 7. The number of ether oxygens (including phenoxy) is 1. The minimum Gasteiger partial charge on any atom is -0.504 e. The molecule has 0 fully saturated rings. The van der Waals surface area contributed by atoms with Crippen molar-refractivity contribution in [3.05, 3.63) is 52.7 Å². The molecule has 0 amide bonds. The van der Waals surface area contributed by atoms with E-state index in [0.717, 1.165) is 0 Å². The van der Waals surface area contributed by atoms with E-state index < -0.39 is 28.5 Å². The minimum absolute atomic E-state index is 0.0753. The maximum atomic E-state index is 13.1. The monoisotopic (exact) mass is 426 g/mol. The Balaban J connectivity index is 2.06. The Labute approximate surface area is 177 Å². The number of hydrogen-bond donors (Lipinski definition) is 3. The first-order valence-corrected chi connectivity index (χ1v) is 9.62. The van der Waals surface area contributed by atoms with Crippen molar-refractivity contribution in [2.75, 3.05) is 0 Å². The highest BCUT2D eigenvalue weighted by atomic mass is 16.5. The molecule has 3 rings (SSSR count). The standard InChI is InChI=1S/C23H22O8/c1-23(2,11-5-8-18(26)27)22(29)31-21-19(28)14-6-3-4-7-17(14)30-20(21)13-9-10-15(24)16(25)12-13/h3-4,6-7,9-10,12,24-25H,5,8,11H2,1-2H3,(H,26,27). The Morgan fingerprint density at radius 2 is 1.77 bits per heavy atom. The molecule has 1 aromatic heterocycles. The first kappa shape index (κ1) is 21.9. The minimum atomic E-state index is -1.05. The van der Waals surface area contributed by atoms with Gasteiger partial charge in [0, 0.05) is 12.0 Å². The second-order valence-corrected chi connectivity index (χ2v) is 7.81. The molecule has 3 N–H and O–H groups in total. The molecule has 0 radical (unpaired) electrons. The van der Waals surface area contributed by atoms with Gasteiger partial charge >= 0.3 is 11.9 Å². The zero-order valence-corrected chi connectivity index (χ0v) is 17.0. The predicted molar refractivity (Wildman–Crippen MR) is 112 cm³/mol. The number of aromatic hydroxyl groups is 2. The van der Waals surface area contributed by atoms with Gasteiger partial charge in [-0.25, -0.2) is 0 Å². The van der Waals surface area contributed by atoms with Gasteiger partial charge in [0.25, 0.3) is 0 Å². The van der Waals surface area contributed by atoms with E-state index in [1.165, 1.54) is 24.3 Å². The molecule has 0 spiro atoms. The number of esters is 1. The van der Waals surface area contributed by atoms with Gasteiger partial charge in [0.1, 0.15) is 5.58 Å². The maximum absolute atomic E-state index is 13.1. The third-order valence-corrected chi connectivity index (χ3v) is 4.93. The summed E-state index contributed by atoms with van der Waals surface area (Å²) in [5, 5.41) is 28.5. The van der Waals surface area contributed by atoms with Gasteiger partial charge in [-0.2, -0.15) is 0 Å². The number of aliphatic carboxylic acids is 1. The van der Waals surface area contributed by atoms with Crippen LogP contribution < -0.4 is 10.2 Å². The van der Waals surface area contributed by atoms with Gasteiger partial charge in [-0.1, -0.05) is 12.1 Å². The normalized spacial score (nSPS) is 11.4. The molecule has 162 valence electrons. The van der Waals surface area contributed by atoms with Crippen molar-refractivity contribution in [1.82, 2.24) is 0 Å². The van der Waals surface area contributed by atoms with Crippen molar-refractivity contribution in [3.8, 4) is 28.6 Å². The van der Waals surface area contributed by atoms with Crippen LogP contribution in [0.15, 0.2) is 51.7 Å². The highest BCUT2D eigenvalue weighted by Gasteiger charge is 2.32. The number of phenols is 2. The Morgan fingerprint density at radius 3 is 2.45 bits per heavy atom. The van der Waals surface area contributed by atoms with Gasteiger partial charge in [0.2, 0.25) is 11.2 Å². The van der Waals surface area contributed by atoms with Crippen LogP contribution in [0.2, 0.25) is 0 Å². The molecule has 2 aromatic carbocycles. The zero-order valence-electron chi connectivity index (χ0n) is 17.0. The molecule has 0 unspecified atom stereocenters. The molecule has 0 aliphatic rings. The van der Waals surface area contributed by atoms with Crippen molar-refractivity contribution < 1.29 is 34.1 Å². The lowest BCUT2D eigenvalue weighted by Gasteiger charge is -2.22. The van der Waals surface area contributed by atoms with Crippen molar-refractivity contribution in [2.24, 2.45) is 5.41 Å². The smallest absolute Gasteiger partial charge is 0.317 e. The van der Waals surface area contributed by atoms with Gasteiger partial charge in [-0.15, -0.1) is 0 Å². The third kappa shape index (κ3) is 4.69. The van der Waals surface area contributed by atoms with Crippen molar-refractivity contribution in [3.63, 3.8) is 0 Å². The first-order valence-electron chi connectivity index (χ1n) is 9.62. The quantitative estimate of drug-likeness (QED) is 0.380. The lowest BCUT2D eigenvalue weighted by atomic mass is 9.87. The summed E-state index contributed by atoms with van der Waals surface area (Å²) in [6, 6.07) is 10.3. The third-order valence-electron chi connectivity index (χ3n) is 4.93. The molecule has 0 aliphatic heterocycles. The van der Waals surface area contributed by atoms with E-state index in [4.69, 9.17) is 14.3 Å². The summed E-state index contributed by atoms with van der Waals surface area (Å²) < 4.78 is 11.3. The van der Waals surface area contributed by atoms with Gasteiger partial charge in [0.15, 0.2) is 17.3 Å². The Kier molecular flexibility index (Phi) is 6.01. The van der Waals surface area contributed by atoms with Crippen LogP contribution in [-0.4, -0.2) is 27.3 Å². The summed E-state index contributed by atoms with van der Waals surface area (Å²) in [4.78, 5) is 36.7. The second kappa shape index (κ2) is 8.51. The van der Waals surface area contributed by atoms with Crippen LogP contribution in [0.1, 0.15) is 33.1 Å². The van der Waals surface area contributed by atoms with Crippen LogP contribution in [-0.2, 0) is 9.59 Å². The van der Waals surface area contributed by atoms with E-state index >= 15 is 0 Å². The molecule has 0 aliphatic carbocycles. The number of carboxylic acid groups (broad SMARTS) is 1. The Bertz CT molecular complexity index is 1210. The fourth-order valence-corrected chi connectivity index (χ4v) is 3.09. The van der Waals surface area contributed by atoms with Gasteiger partial charge in [-0.3, -0.25) is 14.4 Å². The summed E-state index contributed by atoms with van der Waals surface area (Å²) in [6.07, 6.45) is 0.418. The first-order chi connectivity index (χ1) is 14.6. The lowest BCUT2D eigenvalue weighted by molar-refractivity contribution is -0.145. The average Bonchev–Trinajstić information content (AvgIpc) is 2.71. The number of fused-ring (bicyclic) bond motifs is 1. The summed E-state index contributed by atoms with van der Waals surface area (Å²) in [6.45, 7) is 3.21.